The lowest BCUT2D eigenvalue weighted by Gasteiger charge is -2.14. The molecular weight excluding hydrogens is 260 g/mol. The van der Waals surface area contributed by atoms with Crippen molar-refractivity contribution < 1.29 is 0 Å². The van der Waals surface area contributed by atoms with E-state index in [4.69, 9.17) is 18.0 Å². The van der Waals surface area contributed by atoms with Crippen LogP contribution in [0.5, 0.6) is 0 Å². The first-order chi connectivity index (χ1) is 8.70. The van der Waals surface area contributed by atoms with E-state index >= 15 is 0 Å². The molecular formula is C14H22N2S2. The number of nitrogens with one attached hydrogen (secondary N) is 1. The summed E-state index contributed by atoms with van der Waals surface area (Å²) in [6, 6.07) is 6.15. The Bertz CT molecular complexity index is 391. The zero-order valence-corrected chi connectivity index (χ0v) is 12.8. The first-order valence-electron chi connectivity index (χ1n) is 6.41. The largest absolute Gasteiger partial charge is 0.389 e. The van der Waals surface area contributed by atoms with Crippen LogP contribution in [0.1, 0.15) is 38.2 Å². The van der Waals surface area contributed by atoms with Gasteiger partial charge in [0.1, 0.15) is 4.99 Å². The number of hydrogen-bond acceptors (Lipinski definition) is 3. The lowest BCUT2D eigenvalue weighted by Crippen LogP contribution is -2.15. The summed E-state index contributed by atoms with van der Waals surface area (Å²) in [6.45, 7) is 3.20. The van der Waals surface area contributed by atoms with E-state index in [2.05, 4.69) is 18.3 Å². The van der Waals surface area contributed by atoms with Crippen LogP contribution in [0.3, 0.4) is 0 Å². The van der Waals surface area contributed by atoms with Crippen molar-refractivity contribution in [3.8, 4) is 0 Å². The van der Waals surface area contributed by atoms with Crippen LogP contribution in [-0.4, -0.2) is 17.8 Å². The minimum absolute atomic E-state index is 0.469. The van der Waals surface area contributed by atoms with Gasteiger partial charge in [0.15, 0.2) is 0 Å². The van der Waals surface area contributed by atoms with Crippen molar-refractivity contribution in [3.63, 3.8) is 0 Å². The second-order valence-electron chi connectivity index (χ2n) is 4.23. The van der Waals surface area contributed by atoms with Crippen LogP contribution in [-0.2, 0) is 0 Å². The second-order valence-corrected chi connectivity index (χ2v) is 5.52. The van der Waals surface area contributed by atoms with Gasteiger partial charge in [0.05, 0.1) is 0 Å². The summed E-state index contributed by atoms with van der Waals surface area (Å²) in [6.07, 6.45) is 7.07. The molecule has 0 aliphatic heterocycles. The number of anilines is 1. The smallest absolute Gasteiger partial charge is 0.107 e. The molecule has 0 aromatic heterocycles. The van der Waals surface area contributed by atoms with Gasteiger partial charge in [-0.15, -0.1) is 11.8 Å². The molecule has 0 saturated carbocycles. The van der Waals surface area contributed by atoms with Crippen molar-refractivity contribution in [1.82, 2.24) is 0 Å². The predicted molar refractivity (Wildman–Crippen MR) is 86.7 cm³/mol. The zero-order chi connectivity index (χ0) is 13.4. The Balaban J connectivity index is 2.67. The summed E-state index contributed by atoms with van der Waals surface area (Å²) >= 11 is 6.83. The monoisotopic (exact) mass is 282 g/mol. The number of hydrogen-bond donors (Lipinski definition) is 2. The van der Waals surface area contributed by atoms with Gasteiger partial charge in [-0.3, -0.25) is 0 Å². The average Bonchev–Trinajstić information content (AvgIpc) is 2.37. The number of thiocarbonyl (C=S) groups is 1. The average molecular weight is 282 g/mol. The fourth-order valence-electron chi connectivity index (χ4n) is 1.88. The highest BCUT2D eigenvalue weighted by molar-refractivity contribution is 7.98. The van der Waals surface area contributed by atoms with E-state index in [0.717, 1.165) is 22.7 Å². The normalized spacial score (nSPS) is 10.3. The summed E-state index contributed by atoms with van der Waals surface area (Å²) in [5.41, 5.74) is 7.86. The molecule has 0 amide bonds. The van der Waals surface area contributed by atoms with E-state index in [1.54, 1.807) is 11.8 Å². The first kappa shape index (κ1) is 15.3. The van der Waals surface area contributed by atoms with Gasteiger partial charge in [-0.1, -0.05) is 44.5 Å². The fraction of sp³-hybridized carbons (Fsp3) is 0.500. The lowest BCUT2D eigenvalue weighted by molar-refractivity contribution is 0.685. The maximum Gasteiger partial charge on any atom is 0.107 e. The van der Waals surface area contributed by atoms with E-state index in [1.807, 2.05) is 18.4 Å². The van der Waals surface area contributed by atoms with Crippen molar-refractivity contribution in [1.29, 1.82) is 0 Å². The van der Waals surface area contributed by atoms with Crippen molar-refractivity contribution in [3.05, 3.63) is 23.8 Å². The molecule has 0 spiro atoms. The third-order valence-corrected chi connectivity index (χ3v) is 3.82. The molecule has 0 atom stereocenters. The van der Waals surface area contributed by atoms with Gasteiger partial charge in [-0.25, -0.2) is 0 Å². The fourth-order valence-corrected chi connectivity index (χ4v) is 2.80. The van der Waals surface area contributed by atoms with E-state index < -0.39 is 0 Å². The quantitative estimate of drug-likeness (QED) is 0.429. The van der Waals surface area contributed by atoms with Crippen LogP contribution in [0.2, 0.25) is 0 Å². The predicted octanol–water partition coefficient (Wildman–Crippen LogP) is 4.03. The van der Waals surface area contributed by atoms with Gasteiger partial charge in [0.2, 0.25) is 0 Å². The van der Waals surface area contributed by atoms with Crippen LogP contribution in [0, 0.1) is 0 Å². The highest BCUT2D eigenvalue weighted by Crippen LogP contribution is 2.27. The van der Waals surface area contributed by atoms with Crippen LogP contribution in [0.4, 0.5) is 5.69 Å². The Morgan fingerprint density at radius 2 is 2.11 bits per heavy atom. The van der Waals surface area contributed by atoms with Gasteiger partial charge in [0, 0.05) is 22.7 Å². The van der Waals surface area contributed by atoms with Gasteiger partial charge in [-0.05, 0) is 24.8 Å². The van der Waals surface area contributed by atoms with Crippen molar-refractivity contribution >= 4 is 34.7 Å². The van der Waals surface area contributed by atoms with Crippen molar-refractivity contribution in [2.45, 2.75) is 37.5 Å². The Morgan fingerprint density at radius 1 is 1.33 bits per heavy atom. The molecule has 1 rings (SSSR count). The molecule has 2 nitrogen and oxygen atoms in total. The SMILES string of the molecule is CCCCCCNc1cccc(SC)c1C(N)=S. The number of thioether (sulfide) groups is 1. The molecule has 4 heteroatoms. The van der Waals surface area contributed by atoms with Gasteiger partial charge in [-0.2, -0.15) is 0 Å². The topological polar surface area (TPSA) is 38.0 Å². The highest BCUT2D eigenvalue weighted by atomic mass is 32.2. The molecule has 1 aromatic carbocycles. The van der Waals surface area contributed by atoms with Crippen LogP contribution in [0.25, 0.3) is 0 Å². The molecule has 0 bridgehead atoms. The summed E-state index contributed by atoms with van der Waals surface area (Å²) in [7, 11) is 0. The molecule has 0 saturated heterocycles. The number of rotatable bonds is 8. The van der Waals surface area contributed by atoms with E-state index in [0.29, 0.717) is 4.99 Å². The lowest BCUT2D eigenvalue weighted by atomic mass is 10.1. The first-order valence-corrected chi connectivity index (χ1v) is 8.04. The number of unbranched alkanes of at least 4 members (excludes halogenated alkanes) is 3. The molecule has 0 radical (unpaired) electrons. The molecule has 0 aliphatic carbocycles. The standard InChI is InChI=1S/C14H22N2S2/c1-3-4-5-6-10-16-11-8-7-9-12(18-2)13(11)14(15)17/h7-9,16H,3-6,10H2,1-2H3,(H2,15,17). The van der Waals surface area contributed by atoms with Crippen LogP contribution in [0.15, 0.2) is 23.1 Å². The third kappa shape index (κ3) is 4.50. The highest BCUT2D eigenvalue weighted by Gasteiger charge is 2.09. The Hall–Kier alpha value is -0.740. The Morgan fingerprint density at radius 3 is 2.72 bits per heavy atom. The minimum Gasteiger partial charge on any atom is -0.389 e. The Kier molecular flexibility index (Phi) is 7.13. The van der Waals surface area contributed by atoms with Crippen molar-refractivity contribution in [2.24, 2.45) is 5.73 Å². The van der Waals surface area contributed by atoms with Gasteiger partial charge in [0.25, 0.3) is 0 Å². The molecule has 3 N–H and O–H groups in total. The molecule has 18 heavy (non-hydrogen) atoms. The molecule has 1 aromatic rings. The number of nitrogens with two attached hydrogens (primary N) is 1. The summed E-state index contributed by atoms with van der Waals surface area (Å²) in [5, 5.41) is 3.45. The van der Waals surface area contributed by atoms with E-state index in [9.17, 15) is 0 Å². The number of benzene rings is 1. The summed E-state index contributed by atoms with van der Waals surface area (Å²) < 4.78 is 0. The third-order valence-electron chi connectivity index (χ3n) is 2.84. The van der Waals surface area contributed by atoms with E-state index in [1.165, 1.54) is 25.7 Å². The maximum absolute atomic E-state index is 5.82. The summed E-state index contributed by atoms with van der Waals surface area (Å²) in [5.74, 6) is 0. The molecule has 100 valence electrons. The van der Waals surface area contributed by atoms with E-state index in [-0.39, 0.29) is 0 Å². The molecule has 0 fully saturated rings. The van der Waals surface area contributed by atoms with Crippen molar-refractivity contribution in [2.75, 3.05) is 18.1 Å². The Labute approximate surface area is 120 Å². The summed E-state index contributed by atoms with van der Waals surface area (Å²) in [4.78, 5) is 1.61. The van der Waals surface area contributed by atoms with Crippen LogP contribution >= 0.6 is 24.0 Å². The second kappa shape index (κ2) is 8.38. The molecule has 0 heterocycles. The maximum atomic E-state index is 5.82. The van der Waals surface area contributed by atoms with Gasteiger partial charge >= 0.3 is 0 Å². The molecule has 0 unspecified atom stereocenters. The van der Waals surface area contributed by atoms with Gasteiger partial charge < -0.3 is 11.1 Å². The van der Waals surface area contributed by atoms with Crippen LogP contribution < -0.4 is 11.1 Å². The minimum atomic E-state index is 0.469. The molecule has 0 aliphatic rings. The zero-order valence-electron chi connectivity index (χ0n) is 11.2.